The van der Waals surface area contributed by atoms with Crippen molar-refractivity contribution in [2.75, 3.05) is 13.7 Å². The predicted octanol–water partition coefficient (Wildman–Crippen LogP) is 0.820. The topological polar surface area (TPSA) is 100 Å². The van der Waals surface area contributed by atoms with Crippen molar-refractivity contribution in [3.05, 3.63) is 65.7 Å². The van der Waals surface area contributed by atoms with Gasteiger partial charge in [-0.3, -0.25) is 0 Å². The summed E-state index contributed by atoms with van der Waals surface area (Å²) >= 11 is 0. The summed E-state index contributed by atoms with van der Waals surface area (Å²) in [7, 11) is 1.64. The summed E-state index contributed by atoms with van der Waals surface area (Å²) in [5, 5.41) is 3.97. The smallest absolute Gasteiger partial charge is 0.338 e. The van der Waals surface area contributed by atoms with Gasteiger partial charge in [0.1, 0.15) is 5.75 Å². The lowest BCUT2D eigenvalue weighted by atomic mass is 9.83. The Kier molecular flexibility index (Phi) is 5.31. The first-order valence-electron chi connectivity index (χ1n) is 9.57. The summed E-state index contributed by atoms with van der Waals surface area (Å²) in [4.78, 5) is 15.9. The molecule has 7 heteroatoms. The summed E-state index contributed by atoms with van der Waals surface area (Å²) in [5.74, 6) is 6.13. The standard InChI is InChI=1S/C22H23N3O4/c1-27-17-9-7-15(8-10-17)13-24-20-19(25-23)18(11-12-22(20)14-28-22)29-21(26)16-5-3-2-4-6-16/h2-10,18H,11-14,23H2,1H3/p+1/t18-,22+/m1/s1. The molecule has 1 spiro atoms. The monoisotopic (exact) mass is 394 g/mol. The lowest BCUT2D eigenvalue weighted by Crippen LogP contribution is -2.78. The third kappa shape index (κ3) is 4.00. The summed E-state index contributed by atoms with van der Waals surface area (Å²) in [6.07, 6.45) is 0.840. The Balaban J connectivity index is 1.53. The Morgan fingerprint density at radius 1 is 1.24 bits per heavy atom. The van der Waals surface area contributed by atoms with Crippen molar-refractivity contribution in [2.24, 2.45) is 10.9 Å². The molecule has 0 amide bonds. The molecule has 29 heavy (non-hydrogen) atoms. The molecule has 2 aromatic carbocycles. The minimum Gasteiger partial charge on any atom is -0.497 e. The van der Waals surface area contributed by atoms with Crippen molar-refractivity contribution in [1.82, 2.24) is 0 Å². The van der Waals surface area contributed by atoms with Crippen molar-refractivity contribution < 1.29 is 24.0 Å². The zero-order valence-corrected chi connectivity index (χ0v) is 16.3. The maximum Gasteiger partial charge on any atom is 0.338 e. The molecule has 0 bridgehead atoms. The molecule has 1 heterocycles. The molecular formula is C22H24N3O4+. The second kappa shape index (κ2) is 8.05. The highest BCUT2D eigenvalue weighted by Crippen LogP contribution is 2.38. The van der Waals surface area contributed by atoms with Crippen molar-refractivity contribution >= 4 is 17.4 Å². The molecule has 2 fully saturated rings. The van der Waals surface area contributed by atoms with Crippen molar-refractivity contribution in [3.63, 3.8) is 0 Å². The molecule has 0 radical (unpaired) electrons. The van der Waals surface area contributed by atoms with Crippen LogP contribution < -0.4 is 15.6 Å². The number of carbonyl (C=O) groups is 1. The number of hydrazone groups is 1. The predicted molar refractivity (Wildman–Crippen MR) is 108 cm³/mol. The second-order valence-corrected chi connectivity index (χ2v) is 7.17. The van der Waals surface area contributed by atoms with Crippen molar-refractivity contribution in [1.29, 1.82) is 0 Å². The molecule has 1 saturated carbocycles. The number of epoxide rings is 1. The van der Waals surface area contributed by atoms with Gasteiger partial charge in [-0.25, -0.2) is 9.79 Å². The summed E-state index contributed by atoms with van der Waals surface area (Å²) in [6.45, 7) is 1.18. The van der Waals surface area contributed by atoms with Gasteiger partial charge in [0.15, 0.2) is 24.0 Å². The highest BCUT2D eigenvalue weighted by Gasteiger charge is 2.60. The highest BCUT2D eigenvalue weighted by atomic mass is 16.6. The molecule has 1 aliphatic carbocycles. The second-order valence-electron chi connectivity index (χ2n) is 7.17. The lowest BCUT2D eigenvalue weighted by molar-refractivity contribution is -0.476. The van der Waals surface area contributed by atoms with Gasteiger partial charge in [0.25, 0.3) is 0 Å². The van der Waals surface area contributed by atoms with E-state index in [-0.39, 0.29) is 5.97 Å². The van der Waals surface area contributed by atoms with Gasteiger partial charge in [-0.1, -0.05) is 18.2 Å². The van der Waals surface area contributed by atoms with Gasteiger partial charge >= 0.3 is 5.97 Å². The van der Waals surface area contributed by atoms with Crippen LogP contribution >= 0.6 is 0 Å². The SMILES string of the molecule is COc1ccc(C[NH+]=C2C(=NN)[C@H](OC(=O)c3ccccc3)CC[C@]23CO3)cc1. The Bertz CT molecular complexity index is 934. The fraction of sp³-hybridized carbons (Fsp3) is 0.318. The zero-order valence-electron chi connectivity index (χ0n) is 16.3. The number of ether oxygens (including phenoxy) is 3. The number of methoxy groups -OCH3 is 1. The molecule has 0 unspecified atom stereocenters. The number of esters is 1. The van der Waals surface area contributed by atoms with E-state index in [1.54, 1.807) is 31.4 Å². The molecule has 150 valence electrons. The van der Waals surface area contributed by atoms with E-state index in [4.69, 9.17) is 20.1 Å². The first-order valence-corrected chi connectivity index (χ1v) is 9.57. The molecule has 0 aromatic heterocycles. The lowest BCUT2D eigenvalue weighted by Gasteiger charge is -2.26. The van der Waals surface area contributed by atoms with E-state index in [2.05, 4.69) is 10.1 Å². The summed E-state index contributed by atoms with van der Waals surface area (Å²) in [5.41, 5.74) is 2.51. The number of nitrogens with two attached hydrogens (primary N) is 1. The molecule has 1 aliphatic heterocycles. The molecule has 2 aromatic rings. The van der Waals surface area contributed by atoms with Gasteiger partial charge in [0, 0.05) is 5.56 Å². The number of rotatable bonds is 5. The molecule has 2 atom stereocenters. The van der Waals surface area contributed by atoms with E-state index in [0.717, 1.165) is 23.4 Å². The first kappa shape index (κ1) is 19.1. The first-order chi connectivity index (χ1) is 14.1. The van der Waals surface area contributed by atoms with Crippen LogP contribution in [0.1, 0.15) is 28.8 Å². The fourth-order valence-corrected chi connectivity index (χ4v) is 3.62. The van der Waals surface area contributed by atoms with Crippen LogP contribution in [-0.2, 0) is 16.0 Å². The Morgan fingerprint density at radius 2 is 1.97 bits per heavy atom. The van der Waals surface area contributed by atoms with E-state index >= 15 is 0 Å². The fourth-order valence-electron chi connectivity index (χ4n) is 3.62. The molecule has 3 N–H and O–H groups in total. The Morgan fingerprint density at radius 3 is 2.59 bits per heavy atom. The maximum absolute atomic E-state index is 12.5. The van der Waals surface area contributed by atoms with Crippen molar-refractivity contribution in [3.8, 4) is 5.75 Å². The average Bonchev–Trinajstić information content (AvgIpc) is 3.55. The van der Waals surface area contributed by atoms with Crippen LogP contribution in [0.3, 0.4) is 0 Å². The van der Waals surface area contributed by atoms with Crippen LogP contribution in [0.2, 0.25) is 0 Å². The number of hydrogen-bond donors (Lipinski definition) is 2. The quantitative estimate of drug-likeness (QED) is 0.338. The van der Waals surface area contributed by atoms with Crippen LogP contribution in [0.15, 0.2) is 59.7 Å². The van der Waals surface area contributed by atoms with E-state index in [9.17, 15) is 4.79 Å². The van der Waals surface area contributed by atoms with Gasteiger partial charge in [-0.05, 0) is 49.2 Å². The van der Waals surface area contributed by atoms with Gasteiger partial charge in [-0.2, -0.15) is 5.10 Å². The zero-order chi connectivity index (χ0) is 20.3. The molecular weight excluding hydrogens is 370 g/mol. The van der Waals surface area contributed by atoms with Gasteiger partial charge in [0.05, 0.1) is 19.3 Å². The number of carbonyl (C=O) groups excluding carboxylic acids is 1. The molecule has 7 nitrogen and oxygen atoms in total. The van der Waals surface area contributed by atoms with E-state index in [1.807, 2.05) is 30.3 Å². The summed E-state index contributed by atoms with van der Waals surface area (Å²) in [6, 6.07) is 16.7. The van der Waals surface area contributed by atoms with Gasteiger partial charge in [0.2, 0.25) is 5.71 Å². The van der Waals surface area contributed by atoms with Gasteiger partial charge in [-0.15, -0.1) is 0 Å². The van der Waals surface area contributed by atoms with Crippen LogP contribution in [0.25, 0.3) is 0 Å². The minimum absolute atomic E-state index is 0.390. The van der Waals surface area contributed by atoms with Crippen LogP contribution in [0.5, 0.6) is 5.75 Å². The third-order valence-corrected chi connectivity index (χ3v) is 5.35. The Hall–Kier alpha value is -3.19. The normalized spacial score (nSPS) is 25.9. The van der Waals surface area contributed by atoms with Crippen LogP contribution in [-0.4, -0.2) is 42.8 Å². The van der Waals surface area contributed by atoms with E-state index < -0.39 is 11.7 Å². The highest BCUT2D eigenvalue weighted by molar-refractivity contribution is 6.45. The maximum atomic E-state index is 12.5. The van der Waals surface area contributed by atoms with Gasteiger partial charge < -0.3 is 20.1 Å². The summed E-state index contributed by atoms with van der Waals surface area (Å²) < 4.78 is 16.7. The number of hydrogen-bond acceptors (Lipinski definition) is 6. The minimum atomic E-state index is -0.513. The van der Waals surface area contributed by atoms with Crippen molar-refractivity contribution in [2.45, 2.75) is 31.1 Å². The number of benzene rings is 2. The number of nitrogens with zero attached hydrogens (tertiary/aromatic N) is 1. The molecule has 4 rings (SSSR count). The number of nitrogens with one attached hydrogen (secondary N) is 1. The van der Waals surface area contributed by atoms with E-state index in [0.29, 0.717) is 30.8 Å². The largest absolute Gasteiger partial charge is 0.497 e. The Labute approximate surface area is 169 Å². The van der Waals surface area contributed by atoms with Crippen LogP contribution in [0.4, 0.5) is 0 Å². The molecule has 1 saturated heterocycles. The van der Waals surface area contributed by atoms with E-state index in [1.165, 1.54) is 0 Å². The molecule has 2 aliphatic rings. The third-order valence-electron chi connectivity index (χ3n) is 5.35. The van der Waals surface area contributed by atoms with Crippen LogP contribution in [0, 0.1) is 0 Å². The average molecular weight is 394 g/mol.